The lowest BCUT2D eigenvalue weighted by atomic mass is 9.83. The zero-order chi connectivity index (χ0) is 11.6. The number of rotatable bonds is 1. The zero-order valence-corrected chi connectivity index (χ0v) is 9.02. The van der Waals surface area contributed by atoms with E-state index >= 15 is 0 Å². The fraction of sp³-hybridized carbons (Fsp3) is 0.214. The van der Waals surface area contributed by atoms with Crippen molar-refractivity contribution in [2.75, 3.05) is 0 Å². The molecule has 82 valence electrons. The van der Waals surface area contributed by atoms with Crippen LogP contribution in [0.3, 0.4) is 0 Å². The van der Waals surface area contributed by atoms with E-state index in [4.69, 9.17) is 0 Å². The Morgan fingerprint density at radius 1 is 1.31 bits per heavy atom. The van der Waals surface area contributed by atoms with Crippen LogP contribution < -0.4 is 0 Å². The number of carbonyl (C=O) groups excluding carboxylic acids is 1. The minimum atomic E-state index is -1.10. The Labute approximate surface area is 94.9 Å². The maximum atomic E-state index is 11.4. The second-order valence-electron chi connectivity index (χ2n) is 4.02. The van der Waals surface area contributed by atoms with Gasteiger partial charge in [-0.2, -0.15) is 0 Å². The summed E-state index contributed by atoms with van der Waals surface area (Å²) in [5, 5.41) is 10.5. The molecule has 0 spiro atoms. The maximum absolute atomic E-state index is 11.4. The van der Waals surface area contributed by atoms with E-state index in [1.807, 2.05) is 24.3 Å². The molecular formula is C14H14O2. The molecule has 1 aromatic rings. The highest BCUT2D eigenvalue weighted by atomic mass is 16.3. The number of carbonyl (C=O) groups is 1. The summed E-state index contributed by atoms with van der Waals surface area (Å²) in [5.41, 5.74) is 0.587. The summed E-state index contributed by atoms with van der Waals surface area (Å²) in [6.07, 6.45) is 5.56. The third-order valence-electron chi connectivity index (χ3n) is 2.97. The second kappa shape index (κ2) is 4.06. The maximum Gasteiger partial charge on any atom is 0.155 e. The van der Waals surface area contributed by atoms with E-state index in [0.29, 0.717) is 12.8 Å². The number of aliphatic hydroxyl groups is 1. The molecule has 2 heteroatoms. The minimum Gasteiger partial charge on any atom is -0.381 e. The molecule has 0 aromatic heterocycles. The van der Waals surface area contributed by atoms with Crippen LogP contribution in [0.4, 0.5) is 0 Å². The SMILES string of the molecule is C=C[C@@]1(O)CCC(=O)/C=C\c2ccccc21. The van der Waals surface area contributed by atoms with Gasteiger partial charge in [0.1, 0.15) is 5.60 Å². The molecule has 0 fully saturated rings. The molecule has 2 rings (SSSR count). The molecule has 0 aliphatic heterocycles. The first-order chi connectivity index (χ1) is 7.65. The Morgan fingerprint density at radius 3 is 2.81 bits per heavy atom. The average Bonchev–Trinajstić information content (AvgIpc) is 2.32. The number of ketones is 1. The molecule has 1 aromatic carbocycles. The number of benzene rings is 1. The van der Waals surface area contributed by atoms with Gasteiger partial charge >= 0.3 is 0 Å². The van der Waals surface area contributed by atoms with Crippen LogP contribution >= 0.6 is 0 Å². The quantitative estimate of drug-likeness (QED) is 0.729. The molecular weight excluding hydrogens is 200 g/mol. The van der Waals surface area contributed by atoms with Crippen molar-refractivity contribution >= 4 is 11.9 Å². The van der Waals surface area contributed by atoms with Crippen molar-refractivity contribution in [3.05, 3.63) is 54.1 Å². The second-order valence-corrected chi connectivity index (χ2v) is 4.02. The van der Waals surface area contributed by atoms with Gasteiger partial charge in [-0.1, -0.05) is 43.0 Å². The van der Waals surface area contributed by atoms with Crippen molar-refractivity contribution < 1.29 is 9.90 Å². The Bertz CT molecular complexity index is 460. The molecule has 0 radical (unpaired) electrons. The molecule has 0 bridgehead atoms. The van der Waals surface area contributed by atoms with Gasteiger partial charge in [-0.3, -0.25) is 4.79 Å². The molecule has 1 aliphatic carbocycles. The van der Waals surface area contributed by atoms with Crippen molar-refractivity contribution in [1.82, 2.24) is 0 Å². The topological polar surface area (TPSA) is 37.3 Å². The van der Waals surface area contributed by atoms with Gasteiger partial charge in [-0.05, 0) is 23.6 Å². The van der Waals surface area contributed by atoms with Gasteiger partial charge in [0.05, 0.1) is 0 Å². The molecule has 2 nitrogen and oxygen atoms in total. The summed E-state index contributed by atoms with van der Waals surface area (Å²) >= 11 is 0. The van der Waals surface area contributed by atoms with Crippen LogP contribution in [0, 0.1) is 0 Å². The number of fused-ring (bicyclic) bond motifs is 1. The first-order valence-electron chi connectivity index (χ1n) is 5.32. The Kier molecular flexibility index (Phi) is 2.75. The normalized spacial score (nSPS) is 26.4. The highest BCUT2D eigenvalue weighted by molar-refractivity contribution is 5.94. The molecule has 0 amide bonds. The van der Waals surface area contributed by atoms with Crippen LogP contribution in [-0.4, -0.2) is 10.9 Å². The lowest BCUT2D eigenvalue weighted by molar-refractivity contribution is -0.115. The Balaban J connectivity index is 2.60. The Hall–Kier alpha value is -1.67. The van der Waals surface area contributed by atoms with Crippen LogP contribution in [0.15, 0.2) is 43.0 Å². The fourth-order valence-electron chi connectivity index (χ4n) is 1.96. The van der Waals surface area contributed by atoms with E-state index in [2.05, 4.69) is 6.58 Å². The van der Waals surface area contributed by atoms with Gasteiger partial charge in [0.15, 0.2) is 5.78 Å². The summed E-state index contributed by atoms with van der Waals surface area (Å²) in [6, 6.07) is 7.53. The fourth-order valence-corrected chi connectivity index (χ4v) is 1.96. The molecule has 0 unspecified atom stereocenters. The Morgan fingerprint density at radius 2 is 2.06 bits per heavy atom. The largest absolute Gasteiger partial charge is 0.381 e. The van der Waals surface area contributed by atoms with E-state index in [0.717, 1.165) is 11.1 Å². The highest BCUT2D eigenvalue weighted by Gasteiger charge is 2.28. The highest BCUT2D eigenvalue weighted by Crippen LogP contribution is 2.32. The van der Waals surface area contributed by atoms with E-state index < -0.39 is 5.60 Å². The van der Waals surface area contributed by atoms with Crippen molar-refractivity contribution in [3.8, 4) is 0 Å². The molecule has 0 saturated carbocycles. The van der Waals surface area contributed by atoms with Crippen LogP contribution in [0.1, 0.15) is 24.0 Å². The molecule has 1 aliphatic rings. The smallest absolute Gasteiger partial charge is 0.155 e. The lowest BCUT2D eigenvalue weighted by Gasteiger charge is -2.27. The summed E-state index contributed by atoms with van der Waals surface area (Å²) < 4.78 is 0. The summed E-state index contributed by atoms with van der Waals surface area (Å²) in [6.45, 7) is 3.67. The first-order valence-corrected chi connectivity index (χ1v) is 5.32. The van der Waals surface area contributed by atoms with Crippen LogP contribution in [0.2, 0.25) is 0 Å². The van der Waals surface area contributed by atoms with E-state index in [1.54, 1.807) is 12.2 Å². The van der Waals surface area contributed by atoms with E-state index in [1.165, 1.54) is 6.08 Å². The summed E-state index contributed by atoms with van der Waals surface area (Å²) in [5.74, 6) is 0.0368. The van der Waals surface area contributed by atoms with Gasteiger partial charge in [0, 0.05) is 6.42 Å². The van der Waals surface area contributed by atoms with Gasteiger partial charge in [-0.25, -0.2) is 0 Å². The van der Waals surface area contributed by atoms with Gasteiger partial charge in [0.25, 0.3) is 0 Å². The van der Waals surface area contributed by atoms with E-state index in [-0.39, 0.29) is 5.78 Å². The standard InChI is InChI=1S/C14H14O2/c1-2-14(16)10-9-12(15)8-7-11-5-3-4-6-13(11)14/h2-8,16H,1,9-10H2/b8-7-/t14-/m1/s1. The zero-order valence-electron chi connectivity index (χ0n) is 9.02. The van der Waals surface area contributed by atoms with Gasteiger partial charge < -0.3 is 5.11 Å². The third-order valence-corrected chi connectivity index (χ3v) is 2.97. The van der Waals surface area contributed by atoms with Crippen molar-refractivity contribution in [3.63, 3.8) is 0 Å². The van der Waals surface area contributed by atoms with Crippen molar-refractivity contribution in [2.45, 2.75) is 18.4 Å². The monoisotopic (exact) mass is 214 g/mol. The van der Waals surface area contributed by atoms with Crippen LogP contribution in [0.25, 0.3) is 6.08 Å². The van der Waals surface area contributed by atoms with Gasteiger partial charge in [0.2, 0.25) is 0 Å². The number of hydrogen-bond donors (Lipinski definition) is 1. The molecule has 0 heterocycles. The molecule has 1 N–H and O–H groups in total. The number of allylic oxidation sites excluding steroid dienone is 1. The molecule has 0 saturated heterocycles. The predicted octanol–water partition coefficient (Wildman–Crippen LogP) is 2.44. The number of hydrogen-bond acceptors (Lipinski definition) is 2. The third kappa shape index (κ3) is 1.84. The van der Waals surface area contributed by atoms with Crippen LogP contribution in [0.5, 0.6) is 0 Å². The van der Waals surface area contributed by atoms with Crippen LogP contribution in [-0.2, 0) is 10.4 Å². The van der Waals surface area contributed by atoms with Crippen molar-refractivity contribution in [2.24, 2.45) is 0 Å². The lowest BCUT2D eigenvalue weighted by Crippen LogP contribution is -2.25. The van der Waals surface area contributed by atoms with E-state index in [9.17, 15) is 9.90 Å². The van der Waals surface area contributed by atoms with Gasteiger partial charge in [-0.15, -0.1) is 0 Å². The minimum absolute atomic E-state index is 0.0368. The first kappa shape index (κ1) is 10.8. The molecule has 1 atom stereocenters. The predicted molar refractivity (Wildman–Crippen MR) is 63.8 cm³/mol. The summed E-state index contributed by atoms with van der Waals surface area (Å²) in [4.78, 5) is 11.4. The molecule has 16 heavy (non-hydrogen) atoms. The van der Waals surface area contributed by atoms with Crippen molar-refractivity contribution in [1.29, 1.82) is 0 Å². The summed E-state index contributed by atoms with van der Waals surface area (Å²) in [7, 11) is 0. The average molecular weight is 214 g/mol.